The average Bonchev–Trinajstić information content (AvgIpc) is 3.21. The first-order chi connectivity index (χ1) is 17.8. The summed E-state index contributed by atoms with van der Waals surface area (Å²) in [5.41, 5.74) is 2.20. The van der Waals surface area contributed by atoms with Crippen LogP contribution in [0.15, 0.2) is 63.5 Å². The number of carbonyl (C=O) groups excluding carboxylic acids is 2. The van der Waals surface area contributed by atoms with Gasteiger partial charge in [-0.2, -0.15) is 0 Å². The standard InChI is InChI=1S/C27H26N2O7S/c1-6-36-26(32)22-15(2)28-27-29(23(22)18-11-12-19(33-3)20(14-18)34-4)24(30)21(37-27)13-16-7-9-17(10-8-16)25(31)35-5/h7-14,23H,6H2,1-5H3/b21-13+/t23-/m0/s1. The molecule has 0 fully saturated rings. The number of rotatable bonds is 7. The van der Waals surface area contributed by atoms with Gasteiger partial charge in [0.05, 0.1) is 55.3 Å². The van der Waals surface area contributed by atoms with E-state index in [1.807, 2.05) is 0 Å². The summed E-state index contributed by atoms with van der Waals surface area (Å²) in [4.78, 5) is 43.5. The number of hydrogen-bond acceptors (Lipinski definition) is 9. The number of carbonyl (C=O) groups is 2. The molecule has 9 nitrogen and oxygen atoms in total. The number of ether oxygens (including phenoxy) is 4. The Morgan fingerprint density at radius 1 is 1.03 bits per heavy atom. The van der Waals surface area contributed by atoms with E-state index in [0.29, 0.717) is 37.7 Å². The number of allylic oxidation sites excluding steroid dienone is 1. The smallest absolute Gasteiger partial charge is 0.338 e. The molecule has 37 heavy (non-hydrogen) atoms. The molecule has 1 atom stereocenters. The number of methoxy groups -OCH3 is 3. The quantitative estimate of drug-likeness (QED) is 0.439. The Morgan fingerprint density at radius 3 is 2.35 bits per heavy atom. The maximum atomic E-state index is 13.7. The number of benzene rings is 2. The highest BCUT2D eigenvalue weighted by Gasteiger charge is 2.33. The van der Waals surface area contributed by atoms with Crippen molar-refractivity contribution in [2.24, 2.45) is 4.99 Å². The van der Waals surface area contributed by atoms with Crippen LogP contribution >= 0.6 is 11.3 Å². The minimum absolute atomic E-state index is 0.181. The normalized spacial score (nSPS) is 15.1. The van der Waals surface area contributed by atoms with Gasteiger partial charge in [0.2, 0.25) is 0 Å². The second-order valence-corrected chi connectivity index (χ2v) is 9.04. The van der Waals surface area contributed by atoms with E-state index in [0.717, 1.165) is 5.56 Å². The highest BCUT2D eigenvalue weighted by atomic mass is 32.1. The molecule has 4 rings (SSSR count). The topological polar surface area (TPSA) is 105 Å². The summed E-state index contributed by atoms with van der Waals surface area (Å²) in [6.07, 6.45) is 1.72. The third-order valence-electron chi connectivity index (χ3n) is 5.87. The molecule has 1 aromatic heterocycles. The lowest BCUT2D eigenvalue weighted by Crippen LogP contribution is -2.39. The van der Waals surface area contributed by atoms with Crippen molar-refractivity contribution >= 4 is 29.4 Å². The van der Waals surface area contributed by atoms with Crippen molar-refractivity contribution < 1.29 is 28.5 Å². The maximum absolute atomic E-state index is 13.7. The molecule has 2 aromatic carbocycles. The molecule has 0 aliphatic carbocycles. The molecule has 3 aromatic rings. The van der Waals surface area contributed by atoms with Crippen LogP contribution in [0.4, 0.5) is 0 Å². The van der Waals surface area contributed by atoms with Crippen LogP contribution in [0.1, 0.15) is 41.4 Å². The van der Waals surface area contributed by atoms with Gasteiger partial charge in [-0.05, 0) is 55.3 Å². The van der Waals surface area contributed by atoms with Crippen molar-refractivity contribution in [2.75, 3.05) is 27.9 Å². The average molecular weight is 523 g/mol. The molecule has 0 saturated carbocycles. The van der Waals surface area contributed by atoms with Gasteiger partial charge in [-0.3, -0.25) is 9.36 Å². The number of aromatic nitrogens is 1. The van der Waals surface area contributed by atoms with Crippen LogP contribution in [0.5, 0.6) is 11.5 Å². The summed E-state index contributed by atoms with van der Waals surface area (Å²) in [5, 5.41) is 0. The molecule has 0 saturated heterocycles. The van der Waals surface area contributed by atoms with Crippen LogP contribution in [0.25, 0.3) is 6.08 Å². The van der Waals surface area contributed by atoms with Crippen LogP contribution in [0.2, 0.25) is 0 Å². The highest BCUT2D eigenvalue weighted by Crippen LogP contribution is 2.36. The van der Waals surface area contributed by atoms with Gasteiger partial charge < -0.3 is 18.9 Å². The fraction of sp³-hybridized carbons (Fsp3) is 0.259. The zero-order valence-corrected chi connectivity index (χ0v) is 21.9. The Hall–Kier alpha value is -4.18. The van der Waals surface area contributed by atoms with Crippen molar-refractivity contribution in [2.45, 2.75) is 19.9 Å². The lowest BCUT2D eigenvalue weighted by Gasteiger charge is -2.25. The van der Waals surface area contributed by atoms with E-state index >= 15 is 0 Å². The number of hydrogen-bond donors (Lipinski definition) is 0. The number of fused-ring (bicyclic) bond motifs is 1. The first-order valence-corrected chi connectivity index (χ1v) is 12.2. The molecule has 192 valence electrons. The number of nitrogens with zero attached hydrogens (tertiary/aromatic N) is 2. The van der Waals surface area contributed by atoms with E-state index in [9.17, 15) is 14.4 Å². The predicted molar refractivity (Wildman–Crippen MR) is 138 cm³/mol. The van der Waals surface area contributed by atoms with Gasteiger partial charge in [0.25, 0.3) is 5.56 Å². The van der Waals surface area contributed by atoms with E-state index in [4.69, 9.17) is 18.9 Å². The molecule has 0 unspecified atom stereocenters. The Bertz CT molecular complexity index is 1570. The third kappa shape index (κ3) is 4.92. The lowest BCUT2D eigenvalue weighted by molar-refractivity contribution is -0.139. The summed E-state index contributed by atoms with van der Waals surface area (Å²) < 4.78 is 22.8. The molecule has 1 aliphatic rings. The van der Waals surface area contributed by atoms with E-state index in [1.54, 1.807) is 62.4 Å². The molecule has 2 heterocycles. The lowest BCUT2D eigenvalue weighted by atomic mass is 9.95. The molecule has 0 bridgehead atoms. The second-order valence-electron chi connectivity index (χ2n) is 8.03. The van der Waals surface area contributed by atoms with Crippen LogP contribution in [-0.4, -0.2) is 44.4 Å². The second kappa shape index (κ2) is 10.8. The summed E-state index contributed by atoms with van der Waals surface area (Å²) in [6, 6.07) is 11.2. The summed E-state index contributed by atoms with van der Waals surface area (Å²) in [6.45, 7) is 3.63. The zero-order chi connectivity index (χ0) is 26.7. The van der Waals surface area contributed by atoms with E-state index < -0.39 is 18.0 Å². The van der Waals surface area contributed by atoms with Gasteiger partial charge in [0.15, 0.2) is 16.3 Å². The first kappa shape index (κ1) is 25.9. The Balaban J connectivity index is 1.90. The Kier molecular flexibility index (Phi) is 7.58. The summed E-state index contributed by atoms with van der Waals surface area (Å²) >= 11 is 1.21. The fourth-order valence-electron chi connectivity index (χ4n) is 4.11. The van der Waals surface area contributed by atoms with Crippen molar-refractivity contribution in [1.82, 2.24) is 4.57 Å². The minimum atomic E-state index is -0.779. The predicted octanol–water partition coefficient (Wildman–Crippen LogP) is 2.60. The van der Waals surface area contributed by atoms with Crippen LogP contribution in [-0.2, 0) is 14.3 Å². The summed E-state index contributed by atoms with van der Waals surface area (Å²) in [7, 11) is 4.37. The van der Waals surface area contributed by atoms with Crippen LogP contribution in [0.3, 0.4) is 0 Å². The SMILES string of the molecule is CCOC(=O)C1=C(C)N=c2s/c(=C/c3ccc(C(=O)OC)cc3)c(=O)n2[C@H]1c1ccc(OC)c(OC)c1. The van der Waals surface area contributed by atoms with Crippen molar-refractivity contribution in [3.8, 4) is 11.5 Å². The van der Waals surface area contributed by atoms with Gasteiger partial charge >= 0.3 is 11.9 Å². The van der Waals surface area contributed by atoms with Gasteiger partial charge in [0.1, 0.15) is 0 Å². The Labute approximate surface area is 216 Å². The maximum Gasteiger partial charge on any atom is 0.338 e. The van der Waals surface area contributed by atoms with Crippen LogP contribution < -0.4 is 24.4 Å². The highest BCUT2D eigenvalue weighted by molar-refractivity contribution is 7.07. The number of esters is 2. The zero-order valence-electron chi connectivity index (χ0n) is 21.1. The van der Waals surface area contributed by atoms with Crippen LogP contribution in [0, 0.1) is 0 Å². The van der Waals surface area contributed by atoms with Gasteiger partial charge in [0, 0.05) is 0 Å². The monoisotopic (exact) mass is 522 g/mol. The molecule has 0 N–H and O–H groups in total. The first-order valence-electron chi connectivity index (χ1n) is 11.4. The molecule has 0 radical (unpaired) electrons. The van der Waals surface area contributed by atoms with Crippen molar-refractivity contribution in [1.29, 1.82) is 0 Å². The van der Waals surface area contributed by atoms with E-state index in [1.165, 1.54) is 37.2 Å². The molecule has 0 amide bonds. The van der Waals surface area contributed by atoms with E-state index in [-0.39, 0.29) is 17.7 Å². The van der Waals surface area contributed by atoms with Gasteiger partial charge in [-0.25, -0.2) is 14.6 Å². The molecule has 1 aliphatic heterocycles. The van der Waals surface area contributed by atoms with Crippen molar-refractivity contribution in [3.05, 3.63) is 90.1 Å². The van der Waals surface area contributed by atoms with E-state index in [2.05, 4.69) is 4.99 Å². The van der Waals surface area contributed by atoms with Gasteiger partial charge in [-0.1, -0.05) is 29.5 Å². The molecule has 0 spiro atoms. The third-order valence-corrected chi connectivity index (χ3v) is 6.85. The Morgan fingerprint density at radius 2 is 1.73 bits per heavy atom. The minimum Gasteiger partial charge on any atom is -0.493 e. The largest absolute Gasteiger partial charge is 0.493 e. The van der Waals surface area contributed by atoms with Crippen molar-refractivity contribution in [3.63, 3.8) is 0 Å². The molecular weight excluding hydrogens is 496 g/mol. The van der Waals surface area contributed by atoms with Gasteiger partial charge in [-0.15, -0.1) is 0 Å². The fourth-order valence-corrected chi connectivity index (χ4v) is 5.16. The summed E-state index contributed by atoms with van der Waals surface area (Å²) in [5.74, 6) is -0.00263. The molecular formula is C27H26N2O7S. The number of thiazole rings is 1. The molecule has 10 heteroatoms.